The Morgan fingerprint density at radius 3 is 2.60 bits per heavy atom. The average Bonchev–Trinajstić information content (AvgIpc) is 1.93. The van der Waals surface area contributed by atoms with Crippen molar-refractivity contribution in [2.24, 2.45) is 0 Å². The average molecular weight is 270 g/mol. The van der Waals surface area contributed by atoms with Crippen LogP contribution in [0.5, 0.6) is 0 Å². The van der Waals surface area contributed by atoms with Gasteiger partial charge < -0.3 is 5.73 Å². The molecule has 0 aliphatic heterocycles. The van der Waals surface area contributed by atoms with E-state index >= 15 is 0 Å². The molecule has 0 unspecified atom stereocenters. The van der Waals surface area contributed by atoms with Crippen LogP contribution in [-0.4, -0.2) is 4.98 Å². The summed E-state index contributed by atoms with van der Waals surface area (Å²) in [6.45, 7) is 0. The highest BCUT2D eigenvalue weighted by Gasteiger charge is 2.06. The molecular weight excluding hydrogens is 267 g/mol. The summed E-state index contributed by atoms with van der Waals surface area (Å²) in [5.41, 5.74) is 5.66. The van der Waals surface area contributed by atoms with Crippen molar-refractivity contribution in [1.82, 2.24) is 4.98 Å². The van der Waals surface area contributed by atoms with Crippen molar-refractivity contribution < 1.29 is 4.39 Å². The first-order chi connectivity index (χ1) is 4.63. The Bertz CT molecular complexity index is 237. The van der Waals surface area contributed by atoms with E-state index in [1.54, 1.807) is 0 Å². The third kappa shape index (κ3) is 1.29. The number of rotatable bonds is 0. The molecule has 1 heterocycles. The predicted octanol–water partition coefficient (Wildman–Crippen LogP) is 2.33. The Kier molecular flexibility index (Phi) is 2.25. The molecule has 2 nitrogen and oxygen atoms in total. The van der Waals surface area contributed by atoms with Gasteiger partial charge in [-0.25, -0.2) is 9.37 Å². The molecule has 0 atom stereocenters. The van der Waals surface area contributed by atoms with E-state index in [-0.39, 0.29) is 10.2 Å². The second-order valence-electron chi connectivity index (χ2n) is 1.62. The van der Waals surface area contributed by atoms with Gasteiger partial charge in [0, 0.05) is 0 Å². The van der Waals surface area contributed by atoms with Crippen molar-refractivity contribution in [3.8, 4) is 0 Å². The first-order valence-electron chi connectivity index (χ1n) is 2.38. The number of hydrogen-bond acceptors (Lipinski definition) is 2. The van der Waals surface area contributed by atoms with Crippen LogP contribution < -0.4 is 5.73 Å². The van der Waals surface area contributed by atoms with Gasteiger partial charge in [-0.05, 0) is 31.9 Å². The minimum Gasteiger partial charge on any atom is -0.396 e. The lowest BCUT2D eigenvalue weighted by molar-refractivity contribution is 0.615. The van der Waals surface area contributed by atoms with Crippen LogP contribution in [0, 0.1) is 5.82 Å². The highest BCUT2D eigenvalue weighted by Crippen LogP contribution is 2.27. The number of halogens is 3. The van der Waals surface area contributed by atoms with Crippen LogP contribution in [0.2, 0.25) is 0 Å². The van der Waals surface area contributed by atoms with Gasteiger partial charge in [0.1, 0.15) is 4.60 Å². The van der Waals surface area contributed by atoms with Crippen LogP contribution in [0.15, 0.2) is 15.3 Å². The SMILES string of the molecule is Nc1c(Br)ncc(F)c1Br. The molecular formula is C5H3Br2FN2. The first kappa shape index (κ1) is 7.94. The van der Waals surface area contributed by atoms with Crippen molar-refractivity contribution in [2.45, 2.75) is 0 Å². The monoisotopic (exact) mass is 268 g/mol. The Labute approximate surface area is 73.9 Å². The zero-order chi connectivity index (χ0) is 7.72. The predicted molar refractivity (Wildman–Crippen MR) is 44.0 cm³/mol. The number of hydrogen-bond donors (Lipinski definition) is 1. The van der Waals surface area contributed by atoms with Gasteiger partial charge in [-0.1, -0.05) is 0 Å². The molecule has 0 aliphatic rings. The number of aromatic nitrogens is 1. The largest absolute Gasteiger partial charge is 0.396 e. The van der Waals surface area contributed by atoms with E-state index in [2.05, 4.69) is 36.8 Å². The molecule has 1 aromatic rings. The maximum atomic E-state index is 12.5. The van der Waals surface area contributed by atoms with Gasteiger partial charge in [-0.15, -0.1) is 0 Å². The zero-order valence-electron chi connectivity index (χ0n) is 4.74. The maximum Gasteiger partial charge on any atom is 0.157 e. The van der Waals surface area contributed by atoms with E-state index in [4.69, 9.17) is 5.73 Å². The van der Waals surface area contributed by atoms with Gasteiger partial charge >= 0.3 is 0 Å². The first-order valence-corrected chi connectivity index (χ1v) is 3.96. The van der Waals surface area contributed by atoms with Crippen molar-refractivity contribution in [3.05, 3.63) is 21.1 Å². The maximum absolute atomic E-state index is 12.5. The van der Waals surface area contributed by atoms with Crippen molar-refractivity contribution >= 4 is 37.5 Å². The molecule has 1 aromatic heterocycles. The molecule has 1 rings (SSSR count). The van der Waals surface area contributed by atoms with E-state index < -0.39 is 5.82 Å². The quantitative estimate of drug-likeness (QED) is 0.735. The minimum atomic E-state index is -0.458. The molecule has 0 saturated heterocycles. The summed E-state index contributed by atoms with van der Waals surface area (Å²) in [5, 5.41) is 0. The summed E-state index contributed by atoms with van der Waals surface area (Å²) in [6.07, 6.45) is 1.09. The standard InChI is InChI=1S/C5H3Br2FN2/c6-3-2(8)1-10-5(7)4(3)9/h1H,9H2. The van der Waals surface area contributed by atoms with Gasteiger partial charge in [0.15, 0.2) is 5.82 Å². The molecule has 0 aromatic carbocycles. The van der Waals surface area contributed by atoms with Gasteiger partial charge in [0.05, 0.1) is 16.4 Å². The molecule has 0 spiro atoms. The number of pyridine rings is 1. The Morgan fingerprint density at radius 2 is 2.10 bits per heavy atom. The second kappa shape index (κ2) is 2.84. The van der Waals surface area contributed by atoms with Crippen molar-refractivity contribution in [3.63, 3.8) is 0 Å². The third-order valence-corrected chi connectivity index (χ3v) is 2.40. The fraction of sp³-hybridized carbons (Fsp3) is 0. The molecule has 0 amide bonds. The smallest absolute Gasteiger partial charge is 0.157 e. The highest BCUT2D eigenvalue weighted by molar-refractivity contribution is 9.11. The van der Waals surface area contributed by atoms with Crippen LogP contribution in [0.25, 0.3) is 0 Å². The zero-order valence-corrected chi connectivity index (χ0v) is 7.91. The van der Waals surface area contributed by atoms with Crippen LogP contribution >= 0.6 is 31.9 Å². The molecule has 0 saturated carbocycles. The fourth-order valence-electron chi connectivity index (χ4n) is 0.459. The molecule has 2 N–H and O–H groups in total. The van der Waals surface area contributed by atoms with Crippen LogP contribution in [-0.2, 0) is 0 Å². The summed E-state index contributed by atoms with van der Waals surface area (Å²) in [4.78, 5) is 3.63. The molecule has 0 fully saturated rings. The van der Waals surface area contributed by atoms with Gasteiger partial charge in [0.2, 0.25) is 0 Å². The van der Waals surface area contributed by atoms with E-state index in [0.717, 1.165) is 6.20 Å². The van der Waals surface area contributed by atoms with Gasteiger partial charge in [-0.2, -0.15) is 0 Å². The topological polar surface area (TPSA) is 38.9 Å². The van der Waals surface area contributed by atoms with Crippen LogP contribution in [0.4, 0.5) is 10.1 Å². The Balaban J connectivity index is 3.34. The number of nitrogens with zero attached hydrogens (tertiary/aromatic N) is 1. The lowest BCUT2D eigenvalue weighted by Gasteiger charge is -1.99. The summed E-state index contributed by atoms with van der Waals surface area (Å²) in [5.74, 6) is -0.458. The Hall–Kier alpha value is -0.160. The summed E-state index contributed by atoms with van der Waals surface area (Å²) < 4.78 is 13.2. The summed E-state index contributed by atoms with van der Waals surface area (Å²) in [6, 6.07) is 0. The van der Waals surface area contributed by atoms with E-state index in [0.29, 0.717) is 4.60 Å². The molecule has 0 aliphatic carbocycles. The third-order valence-electron chi connectivity index (χ3n) is 0.960. The van der Waals surface area contributed by atoms with E-state index in [1.165, 1.54) is 0 Å². The van der Waals surface area contributed by atoms with Crippen LogP contribution in [0.3, 0.4) is 0 Å². The second-order valence-corrected chi connectivity index (χ2v) is 3.17. The molecule has 10 heavy (non-hydrogen) atoms. The van der Waals surface area contributed by atoms with Crippen molar-refractivity contribution in [1.29, 1.82) is 0 Å². The summed E-state index contributed by atoms with van der Waals surface area (Å²) in [7, 11) is 0. The molecule has 5 heteroatoms. The lowest BCUT2D eigenvalue weighted by Crippen LogP contribution is -1.93. The Morgan fingerprint density at radius 1 is 1.50 bits per heavy atom. The number of nitrogen functional groups attached to an aromatic ring is 1. The summed E-state index contributed by atoms with van der Waals surface area (Å²) >= 11 is 6.01. The number of nitrogens with two attached hydrogens (primary N) is 1. The van der Waals surface area contributed by atoms with E-state index in [1.807, 2.05) is 0 Å². The molecule has 0 radical (unpaired) electrons. The number of anilines is 1. The minimum absolute atomic E-state index is 0.245. The van der Waals surface area contributed by atoms with E-state index in [9.17, 15) is 4.39 Å². The normalized spacial score (nSPS) is 9.90. The highest BCUT2D eigenvalue weighted by atomic mass is 79.9. The van der Waals surface area contributed by atoms with Crippen LogP contribution in [0.1, 0.15) is 0 Å². The molecule has 54 valence electrons. The van der Waals surface area contributed by atoms with Gasteiger partial charge in [-0.3, -0.25) is 0 Å². The lowest BCUT2D eigenvalue weighted by atomic mass is 10.4. The molecule has 0 bridgehead atoms. The fourth-order valence-corrected chi connectivity index (χ4v) is 1.32. The van der Waals surface area contributed by atoms with Crippen molar-refractivity contribution in [2.75, 3.05) is 5.73 Å². The van der Waals surface area contributed by atoms with Gasteiger partial charge in [0.25, 0.3) is 0 Å².